The standard InChI is InChI=1S/C22H32N2O3S3/c1-6-7-12-22(5,23-19(25)27-21(2,3)4)30-20(26)24(15-17-10-8-13-28-17)16-18-11-9-14-29-18/h8-11,13-14H,6-7,12,15-16H2,1-5H3,(H,23,25)/t22-/m0/s1. The number of amides is 2. The molecule has 0 bridgehead atoms. The molecule has 2 amide bonds. The average molecular weight is 469 g/mol. The zero-order chi connectivity index (χ0) is 22.2. The molecule has 0 aromatic carbocycles. The van der Waals surface area contributed by atoms with Crippen LogP contribution >= 0.6 is 34.4 Å². The number of unbranched alkanes of at least 4 members (excludes halogenated alkanes) is 1. The second-order valence-electron chi connectivity index (χ2n) is 8.34. The van der Waals surface area contributed by atoms with Crippen LogP contribution in [0.1, 0.15) is 63.6 Å². The van der Waals surface area contributed by atoms with Crippen molar-refractivity contribution in [3.63, 3.8) is 0 Å². The van der Waals surface area contributed by atoms with Crippen molar-refractivity contribution in [1.29, 1.82) is 0 Å². The van der Waals surface area contributed by atoms with Crippen LogP contribution in [0.25, 0.3) is 0 Å². The van der Waals surface area contributed by atoms with Crippen molar-refractivity contribution in [3.05, 3.63) is 44.8 Å². The Labute approximate surface area is 192 Å². The summed E-state index contributed by atoms with van der Waals surface area (Å²) in [6.07, 6.45) is 2.08. The first kappa shape index (κ1) is 24.8. The highest BCUT2D eigenvalue weighted by molar-refractivity contribution is 8.14. The smallest absolute Gasteiger partial charge is 0.408 e. The normalized spacial score (nSPS) is 13.5. The maximum absolute atomic E-state index is 13.3. The number of carbonyl (C=O) groups excluding carboxylic acids is 2. The van der Waals surface area contributed by atoms with Gasteiger partial charge in [-0.25, -0.2) is 4.79 Å². The van der Waals surface area contributed by atoms with Crippen LogP contribution < -0.4 is 5.32 Å². The summed E-state index contributed by atoms with van der Waals surface area (Å²) >= 11 is 4.46. The molecule has 0 saturated carbocycles. The van der Waals surface area contributed by atoms with E-state index in [-0.39, 0.29) is 5.24 Å². The monoisotopic (exact) mass is 468 g/mol. The van der Waals surface area contributed by atoms with E-state index in [0.29, 0.717) is 19.5 Å². The Balaban J connectivity index is 2.14. The maximum atomic E-state index is 13.3. The van der Waals surface area contributed by atoms with Crippen LogP contribution in [0, 0.1) is 0 Å². The number of hydrogen-bond donors (Lipinski definition) is 1. The van der Waals surface area contributed by atoms with E-state index in [4.69, 9.17) is 4.74 Å². The Morgan fingerprint density at radius 2 is 1.63 bits per heavy atom. The lowest BCUT2D eigenvalue weighted by molar-refractivity contribution is 0.0495. The first-order chi connectivity index (χ1) is 14.1. The van der Waals surface area contributed by atoms with Gasteiger partial charge in [0, 0.05) is 9.75 Å². The Hall–Kier alpha value is -1.51. The van der Waals surface area contributed by atoms with E-state index in [1.54, 1.807) is 22.7 Å². The zero-order valence-electron chi connectivity index (χ0n) is 18.4. The lowest BCUT2D eigenvalue weighted by atomic mass is 10.1. The Kier molecular flexibility index (Phi) is 9.25. The summed E-state index contributed by atoms with van der Waals surface area (Å²) in [5.74, 6) is 0. The summed E-state index contributed by atoms with van der Waals surface area (Å²) in [7, 11) is 0. The van der Waals surface area contributed by atoms with Crippen LogP contribution in [0.5, 0.6) is 0 Å². The third-order valence-electron chi connectivity index (χ3n) is 4.20. The minimum atomic E-state index is -0.738. The van der Waals surface area contributed by atoms with E-state index < -0.39 is 16.6 Å². The van der Waals surface area contributed by atoms with Crippen LogP contribution in [-0.2, 0) is 17.8 Å². The number of nitrogens with one attached hydrogen (secondary N) is 1. The molecule has 8 heteroatoms. The first-order valence-electron chi connectivity index (χ1n) is 10.1. The molecule has 0 aliphatic heterocycles. The Morgan fingerprint density at radius 1 is 1.07 bits per heavy atom. The van der Waals surface area contributed by atoms with Gasteiger partial charge in [0.15, 0.2) is 0 Å². The van der Waals surface area contributed by atoms with E-state index in [1.807, 2.05) is 67.6 Å². The van der Waals surface area contributed by atoms with Gasteiger partial charge < -0.3 is 15.0 Å². The largest absolute Gasteiger partial charge is 0.444 e. The Morgan fingerprint density at radius 3 is 2.07 bits per heavy atom. The van der Waals surface area contributed by atoms with E-state index >= 15 is 0 Å². The van der Waals surface area contributed by atoms with Gasteiger partial charge in [-0.15, -0.1) is 22.7 Å². The van der Waals surface area contributed by atoms with Crippen molar-refractivity contribution in [2.75, 3.05) is 0 Å². The minimum absolute atomic E-state index is 0.0496. The van der Waals surface area contributed by atoms with Crippen LogP contribution in [-0.4, -0.2) is 26.7 Å². The topological polar surface area (TPSA) is 58.6 Å². The second kappa shape index (κ2) is 11.2. The predicted molar refractivity (Wildman–Crippen MR) is 128 cm³/mol. The van der Waals surface area contributed by atoms with Crippen LogP contribution in [0.3, 0.4) is 0 Å². The van der Waals surface area contributed by atoms with Crippen molar-refractivity contribution < 1.29 is 14.3 Å². The molecule has 0 fully saturated rings. The summed E-state index contributed by atoms with van der Waals surface area (Å²) in [5.41, 5.74) is -0.588. The highest BCUT2D eigenvalue weighted by Gasteiger charge is 2.34. The number of hydrogen-bond acceptors (Lipinski definition) is 6. The summed E-state index contributed by atoms with van der Waals surface area (Å²) in [4.78, 5) is 29.2. The molecule has 166 valence electrons. The van der Waals surface area contributed by atoms with Gasteiger partial charge in [0.25, 0.3) is 5.24 Å². The fourth-order valence-electron chi connectivity index (χ4n) is 2.80. The number of carbonyl (C=O) groups is 2. The van der Waals surface area contributed by atoms with Gasteiger partial charge in [-0.2, -0.15) is 0 Å². The molecule has 2 aromatic heterocycles. The van der Waals surface area contributed by atoms with Gasteiger partial charge in [-0.1, -0.05) is 31.9 Å². The molecular weight excluding hydrogens is 436 g/mol. The summed E-state index contributed by atoms with van der Waals surface area (Å²) < 4.78 is 5.44. The third kappa shape index (κ3) is 8.70. The van der Waals surface area contributed by atoms with E-state index in [0.717, 1.165) is 22.6 Å². The fraction of sp³-hybridized carbons (Fsp3) is 0.545. The quantitative estimate of drug-likeness (QED) is 0.399. The molecule has 0 radical (unpaired) electrons. The summed E-state index contributed by atoms with van der Waals surface area (Å²) in [6, 6.07) is 8.07. The molecule has 5 nitrogen and oxygen atoms in total. The first-order valence-corrected chi connectivity index (χ1v) is 12.7. The molecule has 0 saturated heterocycles. The van der Waals surface area contributed by atoms with E-state index in [2.05, 4.69) is 12.2 Å². The van der Waals surface area contributed by atoms with E-state index in [9.17, 15) is 9.59 Å². The molecule has 2 rings (SSSR count). The lowest BCUT2D eigenvalue weighted by Gasteiger charge is -2.33. The highest BCUT2D eigenvalue weighted by atomic mass is 32.2. The number of thioether (sulfide) groups is 1. The zero-order valence-corrected chi connectivity index (χ0v) is 20.8. The number of alkyl carbamates (subject to hydrolysis) is 1. The number of rotatable bonds is 9. The molecular formula is C22H32N2O3S3. The minimum Gasteiger partial charge on any atom is -0.444 e. The van der Waals surface area contributed by atoms with Gasteiger partial charge in [0.2, 0.25) is 0 Å². The SMILES string of the molecule is CCCC[C@@](C)(NC(=O)OC(C)(C)C)SC(=O)N(Cc1cccs1)Cc1cccs1. The molecule has 0 unspecified atom stereocenters. The maximum Gasteiger partial charge on any atom is 0.408 e. The van der Waals surface area contributed by atoms with Gasteiger partial charge in [0.05, 0.1) is 18.0 Å². The predicted octanol–water partition coefficient (Wildman–Crippen LogP) is 7.10. The summed E-state index contributed by atoms with van der Waals surface area (Å²) in [5, 5.41) is 6.94. The molecule has 0 aliphatic carbocycles. The van der Waals surface area contributed by atoms with Gasteiger partial charge in [-0.3, -0.25) is 4.79 Å². The molecule has 0 spiro atoms. The molecule has 30 heavy (non-hydrogen) atoms. The van der Waals surface area contributed by atoms with Gasteiger partial charge >= 0.3 is 6.09 Å². The number of ether oxygens (including phenoxy) is 1. The van der Waals surface area contributed by atoms with Gasteiger partial charge in [-0.05, 0) is 68.8 Å². The van der Waals surface area contributed by atoms with Crippen molar-refractivity contribution >= 4 is 45.8 Å². The van der Waals surface area contributed by atoms with Crippen molar-refractivity contribution in [1.82, 2.24) is 10.2 Å². The second-order valence-corrected chi connectivity index (χ2v) is 11.9. The molecule has 2 heterocycles. The van der Waals surface area contributed by atoms with Gasteiger partial charge in [0.1, 0.15) is 5.60 Å². The molecule has 0 aliphatic rings. The molecule has 1 atom stereocenters. The third-order valence-corrected chi connectivity index (χ3v) is 7.11. The fourth-order valence-corrected chi connectivity index (χ4v) is 5.26. The van der Waals surface area contributed by atoms with Crippen LogP contribution in [0.2, 0.25) is 0 Å². The van der Waals surface area contributed by atoms with E-state index in [1.165, 1.54) is 11.8 Å². The lowest BCUT2D eigenvalue weighted by Crippen LogP contribution is -2.47. The Bertz CT molecular complexity index is 749. The highest BCUT2D eigenvalue weighted by Crippen LogP contribution is 2.32. The molecule has 1 N–H and O–H groups in total. The summed E-state index contributed by atoms with van der Waals surface area (Å²) in [6.45, 7) is 10.6. The van der Waals surface area contributed by atoms with Crippen molar-refractivity contribution in [2.24, 2.45) is 0 Å². The van der Waals surface area contributed by atoms with Crippen LogP contribution in [0.15, 0.2) is 35.0 Å². The average Bonchev–Trinajstić information content (AvgIpc) is 3.31. The van der Waals surface area contributed by atoms with Crippen molar-refractivity contribution in [3.8, 4) is 0 Å². The number of nitrogens with zero attached hydrogens (tertiary/aromatic N) is 1. The van der Waals surface area contributed by atoms with Crippen molar-refractivity contribution in [2.45, 2.75) is 77.4 Å². The molecule has 2 aromatic rings. The van der Waals surface area contributed by atoms with Crippen LogP contribution in [0.4, 0.5) is 9.59 Å². The number of thiophene rings is 2.